The van der Waals surface area contributed by atoms with E-state index < -0.39 is 11.8 Å². The molecule has 0 atom stereocenters. The van der Waals surface area contributed by atoms with Crippen molar-refractivity contribution in [1.29, 1.82) is 0 Å². The van der Waals surface area contributed by atoms with E-state index in [1.165, 1.54) is 24.6 Å². The van der Waals surface area contributed by atoms with Crippen molar-refractivity contribution in [2.75, 3.05) is 0 Å². The number of aromatic nitrogens is 3. The fourth-order valence-electron chi connectivity index (χ4n) is 2.33. The summed E-state index contributed by atoms with van der Waals surface area (Å²) in [6.45, 7) is 0. The molecule has 3 aromatic heterocycles. The van der Waals surface area contributed by atoms with Crippen molar-refractivity contribution in [3.05, 3.63) is 89.8 Å². The van der Waals surface area contributed by atoms with Crippen LogP contribution in [0, 0.1) is 0 Å². The maximum Gasteiger partial charge on any atom is 0.289 e. The maximum absolute atomic E-state index is 12.2. The summed E-state index contributed by atoms with van der Waals surface area (Å²) >= 11 is 0. The Morgan fingerprint density at radius 3 is 1.57 bits per heavy atom. The summed E-state index contributed by atoms with van der Waals surface area (Å²) in [7, 11) is 3.81. The molecule has 0 aromatic carbocycles. The Balaban J connectivity index is 1.58. The lowest BCUT2D eigenvalue weighted by Gasteiger charge is -2.02. The van der Waals surface area contributed by atoms with Gasteiger partial charge in [0.1, 0.15) is 25.5 Å². The quantitative estimate of drug-likeness (QED) is 0.350. The predicted molar refractivity (Wildman–Crippen MR) is 110 cm³/mol. The number of carbonyl (C=O) groups excluding carboxylic acids is 2. The van der Waals surface area contributed by atoms with Crippen molar-refractivity contribution >= 4 is 24.2 Å². The van der Waals surface area contributed by atoms with Crippen LogP contribution in [0.4, 0.5) is 0 Å². The summed E-state index contributed by atoms with van der Waals surface area (Å²) in [5, 5.41) is 7.82. The molecule has 150 valence electrons. The van der Waals surface area contributed by atoms with Gasteiger partial charge in [0, 0.05) is 35.4 Å². The maximum atomic E-state index is 12.2. The number of hydrazone groups is 2. The third-order valence-electron chi connectivity index (χ3n) is 3.98. The molecule has 0 saturated carbocycles. The molecular weight excluding hydrogens is 382 g/mol. The van der Waals surface area contributed by atoms with Gasteiger partial charge in [0.15, 0.2) is 24.8 Å². The number of hydrogen-bond donors (Lipinski definition) is 2. The number of aryl methyl sites for hydroxylation is 2. The van der Waals surface area contributed by atoms with Gasteiger partial charge < -0.3 is 0 Å². The monoisotopic (exact) mass is 403 g/mol. The third-order valence-corrected chi connectivity index (χ3v) is 3.98. The molecule has 3 aromatic rings. The first-order valence-corrected chi connectivity index (χ1v) is 9.06. The van der Waals surface area contributed by atoms with E-state index in [2.05, 4.69) is 26.0 Å². The minimum atomic E-state index is -0.525. The third kappa shape index (κ3) is 5.86. The van der Waals surface area contributed by atoms with Crippen molar-refractivity contribution in [3.63, 3.8) is 0 Å². The molecule has 0 saturated heterocycles. The summed E-state index contributed by atoms with van der Waals surface area (Å²) in [4.78, 5) is 28.5. The topological polar surface area (TPSA) is 104 Å². The van der Waals surface area contributed by atoms with Gasteiger partial charge in [-0.05, 0) is 12.1 Å². The van der Waals surface area contributed by atoms with Gasteiger partial charge in [-0.1, -0.05) is 6.07 Å². The average Bonchev–Trinajstić information content (AvgIpc) is 2.76. The standard InChI is InChI=1S/C21H19N7O2/c1-27-10-6-16(7-11-27)14-22-25-20(29)18-4-3-5-19(24-18)21(30)26-23-15-17-8-12-28(2)13-9-17/h3-15H,1-2H3/p+2. The molecule has 0 aliphatic rings. The Kier molecular flexibility index (Phi) is 6.67. The molecule has 0 aliphatic heterocycles. The number of nitrogens with one attached hydrogen (secondary N) is 2. The SMILES string of the molecule is C[n+]1ccc(C=NNC(=O)c2cccc(C(=O)NN=Cc3cc[n+](C)cc3)n2)cc1. The van der Waals surface area contributed by atoms with Gasteiger partial charge in [-0.2, -0.15) is 10.2 Å². The normalized spacial score (nSPS) is 11.0. The van der Waals surface area contributed by atoms with Gasteiger partial charge in [0.25, 0.3) is 11.8 Å². The molecule has 0 radical (unpaired) electrons. The van der Waals surface area contributed by atoms with E-state index in [1.807, 2.05) is 72.3 Å². The second-order valence-electron chi connectivity index (χ2n) is 6.40. The lowest BCUT2D eigenvalue weighted by molar-refractivity contribution is -0.671. The second-order valence-corrected chi connectivity index (χ2v) is 6.40. The number of rotatable bonds is 6. The highest BCUT2D eigenvalue weighted by Crippen LogP contribution is 2.00. The van der Waals surface area contributed by atoms with Crippen molar-refractivity contribution in [2.24, 2.45) is 24.3 Å². The largest absolute Gasteiger partial charge is 0.289 e. The Labute approximate surface area is 173 Å². The van der Waals surface area contributed by atoms with E-state index in [4.69, 9.17) is 0 Å². The van der Waals surface area contributed by atoms with Crippen LogP contribution in [-0.2, 0) is 14.1 Å². The molecule has 3 heterocycles. The molecular formula is C21H21N7O2+2. The van der Waals surface area contributed by atoms with E-state index in [-0.39, 0.29) is 11.4 Å². The molecule has 0 unspecified atom stereocenters. The molecule has 2 N–H and O–H groups in total. The van der Waals surface area contributed by atoms with Crippen LogP contribution in [-0.4, -0.2) is 29.2 Å². The molecule has 2 amide bonds. The molecule has 0 fully saturated rings. The minimum absolute atomic E-state index is 0.0683. The Morgan fingerprint density at radius 1 is 0.767 bits per heavy atom. The summed E-state index contributed by atoms with van der Waals surface area (Å²) in [5.74, 6) is -1.05. The first kappa shape index (κ1) is 20.5. The van der Waals surface area contributed by atoms with Crippen LogP contribution >= 0.6 is 0 Å². The highest BCUT2D eigenvalue weighted by atomic mass is 16.2. The van der Waals surface area contributed by atoms with E-state index in [9.17, 15) is 9.59 Å². The molecule has 9 nitrogen and oxygen atoms in total. The van der Waals surface area contributed by atoms with Crippen molar-refractivity contribution in [1.82, 2.24) is 15.8 Å². The number of carbonyl (C=O) groups is 2. The van der Waals surface area contributed by atoms with E-state index in [0.29, 0.717) is 0 Å². The van der Waals surface area contributed by atoms with Crippen LogP contribution in [0.25, 0.3) is 0 Å². The predicted octanol–water partition coefficient (Wildman–Crippen LogP) is 0.258. The van der Waals surface area contributed by atoms with Gasteiger partial charge in [-0.25, -0.2) is 25.0 Å². The first-order valence-electron chi connectivity index (χ1n) is 9.06. The highest BCUT2D eigenvalue weighted by Gasteiger charge is 2.11. The molecule has 3 rings (SSSR count). The fraction of sp³-hybridized carbons (Fsp3) is 0.0952. The number of nitrogens with zero attached hydrogens (tertiary/aromatic N) is 5. The summed E-state index contributed by atoms with van der Waals surface area (Å²) in [5.41, 5.74) is 6.59. The lowest BCUT2D eigenvalue weighted by Crippen LogP contribution is -2.26. The Morgan fingerprint density at radius 2 is 1.17 bits per heavy atom. The number of amides is 2. The fourth-order valence-corrected chi connectivity index (χ4v) is 2.33. The molecule has 0 bridgehead atoms. The van der Waals surface area contributed by atoms with E-state index >= 15 is 0 Å². The Bertz CT molecular complexity index is 1010. The average molecular weight is 403 g/mol. The molecule has 0 spiro atoms. The zero-order valence-electron chi connectivity index (χ0n) is 16.6. The van der Waals surface area contributed by atoms with Crippen molar-refractivity contribution < 1.29 is 18.7 Å². The summed E-state index contributed by atoms with van der Waals surface area (Å²) in [6.07, 6.45) is 10.5. The van der Waals surface area contributed by atoms with Crippen molar-refractivity contribution in [3.8, 4) is 0 Å². The molecule has 9 heteroatoms. The lowest BCUT2D eigenvalue weighted by atomic mass is 10.3. The van der Waals surface area contributed by atoms with Gasteiger partial charge in [0.2, 0.25) is 0 Å². The highest BCUT2D eigenvalue weighted by molar-refractivity contribution is 5.96. The van der Waals surface area contributed by atoms with Gasteiger partial charge in [-0.15, -0.1) is 0 Å². The second kappa shape index (κ2) is 9.78. The summed E-state index contributed by atoms with van der Waals surface area (Å²) < 4.78 is 3.78. The van der Waals surface area contributed by atoms with Crippen LogP contribution in [0.3, 0.4) is 0 Å². The van der Waals surface area contributed by atoms with Crippen molar-refractivity contribution in [2.45, 2.75) is 0 Å². The van der Waals surface area contributed by atoms with Gasteiger partial charge >= 0.3 is 0 Å². The smallest absolute Gasteiger partial charge is 0.266 e. The van der Waals surface area contributed by atoms with E-state index in [1.54, 1.807) is 6.07 Å². The van der Waals surface area contributed by atoms with Crippen LogP contribution in [0.5, 0.6) is 0 Å². The van der Waals surface area contributed by atoms with E-state index in [0.717, 1.165) is 11.1 Å². The first-order chi connectivity index (χ1) is 14.5. The molecule has 0 aliphatic carbocycles. The van der Waals surface area contributed by atoms with Crippen LogP contribution < -0.4 is 20.0 Å². The zero-order valence-corrected chi connectivity index (χ0v) is 16.6. The Hall–Kier alpha value is -4.27. The van der Waals surface area contributed by atoms with Crippen LogP contribution in [0.15, 0.2) is 77.5 Å². The van der Waals surface area contributed by atoms with Gasteiger partial charge in [-0.3, -0.25) is 9.59 Å². The summed E-state index contributed by atoms with van der Waals surface area (Å²) in [6, 6.07) is 12.0. The minimum Gasteiger partial charge on any atom is -0.266 e. The molecule has 30 heavy (non-hydrogen) atoms. The van der Waals surface area contributed by atoms with Crippen LogP contribution in [0.2, 0.25) is 0 Å². The number of hydrogen-bond acceptors (Lipinski definition) is 5. The van der Waals surface area contributed by atoms with Crippen LogP contribution in [0.1, 0.15) is 32.1 Å². The van der Waals surface area contributed by atoms with Gasteiger partial charge in [0.05, 0.1) is 12.4 Å². The zero-order chi connectivity index (χ0) is 21.3. The number of pyridine rings is 3.